The number of aryl methyl sites for hydroxylation is 1. The number of H-pyrrole nitrogens is 1. The number of unbranched alkanes of at least 4 members (excludes halogenated alkanes) is 4. The highest BCUT2D eigenvalue weighted by Gasteiger charge is 2.49. The van der Waals surface area contributed by atoms with Gasteiger partial charge in [0.05, 0.1) is 29.8 Å². The zero-order valence-corrected chi connectivity index (χ0v) is 29.1. The number of nitrogens with one attached hydrogen (secondary N) is 1. The summed E-state index contributed by atoms with van der Waals surface area (Å²) in [7, 11) is 0. The molecule has 0 aromatic carbocycles. The molecule has 9 unspecified atom stereocenters. The first-order chi connectivity index (χ1) is 23.0. The summed E-state index contributed by atoms with van der Waals surface area (Å²) >= 11 is 0. The lowest BCUT2D eigenvalue weighted by atomic mass is 9.79. The van der Waals surface area contributed by atoms with Gasteiger partial charge in [-0.05, 0) is 105 Å². The number of carboxylic acid groups (broad SMARTS) is 1. The van der Waals surface area contributed by atoms with Crippen molar-refractivity contribution >= 4 is 11.8 Å². The number of carboxylic acids is 1. The third kappa shape index (κ3) is 10.6. The van der Waals surface area contributed by atoms with Crippen molar-refractivity contribution in [2.75, 3.05) is 5.73 Å². The van der Waals surface area contributed by atoms with Gasteiger partial charge in [0.2, 0.25) is 0 Å². The van der Waals surface area contributed by atoms with Gasteiger partial charge in [0.25, 0.3) is 0 Å². The summed E-state index contributed by atoms with van der Waals surface area (Å²) in [6, 6.07) is 5.69. The van der Waals surface area contributed by atoms with Crippen molar-refractivity contribution in [2.45, 2.75) is 140 Å². The van der Waals surface area contributed by atoms with Crippen molar-refractivity contribution in [1.29, 1.82) is 0 Å². The van der Waals surface area contributed by atoms with Crippen LogP contribution >= 0.6 is 0 Å². The van der Waals surface area contributed by atoms with Crippen molar-refractivity contribution in [1.82, 2.24) is 9.97 Å². The smallest absolute Gasteiger partial charge is 0.309 e. The Morgan fingerprint density at radius 2 is 1.83 bits per heavy atom. The topological polar surface area (TPSA) is 173 Å². The molecule has 2 aromatic heterocycles. The molecule has 0 spiro atoms. The lowest BCUT2D eigenvalue weighted by molar-refractivity contribution is -0.147. The average Bonchev–Trinajstić information content (AvgIpc) is 3.67. The van der Waals surface area contributed by atoms with E-state index in [1.807, 2.05) is 31.3 Å². The zero-order chi connectivity index (χ0) is 34.7. The predicted molar refractivity (Wildman–Crippen MR) is 189 cm³/mol. The molecule has 268 valence electrons. The van der Waals surface area contributed by atoms with Crippen LogP contribution in [0.1, 0.15) is 127 Å². The highest BCUT2D eigenvalue weighted by molar-refractivity contribution is 5.70. The van der Waals surface area contributed by atoms with E-state index in [4.69, 9.17) is 5.73 Å². The molecule has 4 rings (SSSR count). The van der Waals surface area contributed by atoms with Crippen molar-refractivity contribution in [2.24, 2.45) is 29.6 Å². The number of aromatic nitrogens is 2. The number of aromatic amines is 1. The van der Waals surface area contributed by atoms with Gasteiger partial charge in [0, 0.05) is 29.9 Å². The summed E-state index contributed by atoms with van der Waals surface area (Å²) in [6.45, 7) is 4.25. The molecule has 2 heterocycles. The molecule has 48 heavy (non-hydrogen) atoms. The molecule has 0 saturated heterocycles. The van der Waals surface area contributed by atoms with E-state index in [1.165, 1.54) is 19.3 Å². The molecule has 1 fully saturated rings. The van der Waals surface area contributed by atoms with E-state index >= 15 is 0 Å². The molecule has 2 aromatic rings. The van der Waals surface area contributed by atoms with Crippen LogP contribution < -0.4 is 5.73 Å². The summed E-state index contributed by atoms with van der Waals surface area (Å²) < 4.78 is 0. The minimum absolute atomic E-state index is 0.0777. The Balaban J connectivity index is 1.30. The van der Waals surface area contributed by atoms with Crippen molar-refractivity contribution in [3.8, 4) is 0 Å². The maximum atomic E-state index is 12.2. The first-order valence-electron chi connectivity index (χ1n) is 18.6. The third-order valence-corrected chi connectivity index (χ3v) is 11.2. The molecule has 0 aliphatic heterocycles. The normalized spacial score (nSPS) is 27.6. The van der Waals surface area contributed by atoms with E-state index in [9.17, 15) is 30.3 Å². The number of nitrogen functional groups attached to an aromatic ring is 1. The number of hydrogen-bond acceptors (Lipinski definition) is 7. The van der Waals surface area contributed by atoms with E-state index in [2.05, 4.69) is 29.0 Å². The Morgan fingerprint density at radius 1 is 1.04 bits per heavy atom. The Morgan fingerprint density at radius 3 is 2.52 bits per heavy atom. The Kier molecular flexibility index (Phi) is 14.5. The van der Waals surface area contributed by atoms with Crippen molar-refractivity contribution in [3.63, 3.8) is 0 Å². The molecule has 9 heteroatoms. The number of carbonyl (C=O) groups is 1. The van der Waals surface area contributed by atoms with Crippen LogP contribution in [0.4, 0.5) is 5.82 Å². The molecule has 9 atom stereocenters. The first kappa shape index (κ1) is 38.1. The van der Waals surface area contributed by atoms with Gasteiger partial charge in [-0.2, -0.15) is 0 Å². The monoisotopic (exact) mass is 667 g/mol. The zero-order valence-electron chi connectivity index (χ0n) is 29.1. The number of hydrogen-bond donors (Lipinski definition) is 7. The Hall–Kier alpha value is -2.72. The maximum absolute atomic E-state index is 12.2. The summed E-state index contributed by atoms with van der Waals surface area (Å²) in [6.07, 6.45) is 17.8. The van der Waals surface area contributed by atoms with Gasteiger partial charge in [-0.25, -0.2) is 4.98 Å². The summed E-state index contributed by atoms with van der Waals surface area (Å²) in [4.78, 5) is 19.5. The summed E-state index contributed by atoms with van der Waals surface area (Å²) in [5.41, 5.74) is 7.39. The van der Waals surface area contributed by atoms with E-state index in [1.54, 1.807) is 6.20 Å². The first-order valence-corrected chi connectivity index (χ1v) is 18.6. The van der Waals surface area contributed by atoms with Gasteiger partial charge >= 0.3 is 5.97 Å². The molecule has 9 nitrogen and oxygen atoms in total. The number of nitrogens with zero attached hydrogens (tertiary/aromatic N) is 1. The number of rotatable bonds is 20. The molecule has 0 amide bonds. The van der Waals surface area contributed by atoms with Crippen LogP contribution in [0.25, 0.3) is 0 Å². The van der Waals surface area contributed by atoms with E-state index in [-0.39, 0.29) is 30.8 Å². The number of allylic oxidation sites excluding steroid dienone is 1. The fourth-order valence-corrected chi connectivity index (χ4v) is 8.34. The minimum Gasteiger partial charge on any atom is -0.481 e. The molecular weight excluding hydrogens is 606 g/mol. The molecule has 0 bridgehead atoms. The number of aliphatic hydroxyl groups excluding tert-OH is 3. The Bertz CT molecular complexity index is 1300. The Labute approximate surface area is 287 Å². The second-order valence-electron chi connectivity index (χ2n) is 14.9. The molecule has 0 radical (unpaired) electrons. The van der Waals surface area contributed by atoms with Crippen LogP contribution in [0.2, 0.25) is 0 Å². The van der Waals surface area contributed by atoms with Gasteiger partial charge in [-0.3, -0.25) is 4.79 Å². The fraction of sp³-hybridized carbons (Fsp3) is 0.692. The van der Waals surface area contributed by atoms with Crippen molar-refractivity contribution < 1.29 is 30.3 Å². The van der Waals surface area contributed by atoms with Crippen LogP contribution in [0.5, 0.6) is 0 Å². The molecule has 2 aliphatic carbocycles. The van der Waals surface area contributed by atoms with Crippen LogP contribution in [0.15, 0.2) is 42.7 Å². The van der Waals surface area contributed by atoms with Crippen LogP contribution in [-0.4, -0.2) is 59.3 Å². The second-order valence-corrected chi connectivity index (χ2v) is 14.9. The van der Waals surface area contributed by atoms with E-state index < -0.39 is 35.6 Å². The number of aliphatic carboxylic acids is 1. The van der Waals surface area contributed by atoms with Gasteiger partial charge in [0.15, 0.2) is 0 Å². The molecular formula is C39H61N3O6. The summed E-state index contributed by atoms with van der Waals surface area (Å²) in [5, 5.41) is 55.4. The maximum Gasteiger partial charge on any atom is 0.309 e. The SMILES string of the molecule is CCCCCC1C=CC(CCCCCC(C(=O)O)C(O)CCC2(O)CC(Cc3ccnc(N)c3)CC2C(O)c2cc(CC)c[nH]2)C(O)C1. The summed E-state index contributed by atoms with van der Waals surface area (Å²) in [5.74, 6) is -1.28. The standard InChI is InChI=1S/C39H61N3O6/c1-3-5-7-10-27-13-14-30(35(44)22-27)11-8-6-9-12-31(38(46)47)34(43)15-17-39(48)24-29(19-28-16-18-41-36(40)23-28)20-32(39)37(45)33-21-26(4-2)25-42-33/h13-14,16,18,21,23,25,27,29-32,34-35,37,42-45,48H,3-12,15,17,19-20,22,24H2,1-2H3,(H2,40,41)(H,46,47). The van der Waals surface area contributed by atoms with Gasteiger partial charge < -0.3 is 36.3 Å². The minimum atomic E-state index is -1.27. The number of anilines is 1. The predicted octanol–water partition coefficient (Wildman–Crippen LogP) is 6.51. The van der Waals surface area contributed by atoms with Gasteiger partial charge in [-0.1, -0.05) is 64.5 Å². The van der Waals surface area contributed by atoms with E-state index in [0.717, 1.165) is 49.7 Å². The average molecular weight is 668 g/mol. The molecule has 8 N–H and O–H groups in total. The van der Waals surface area contributed by atoms with E-state index in [0.29, 0.717) is 49.5 Å². The van der Waals surface area contributed by atoms with Crippen molar-refractivity contribution in [3.05, 3.63) is 59.6 Å². The molecule has 1 saturated carbocycles. The fourth-order valence-electron chi connectivity index (χ4n) is 8.34. The van der Waals surface area contributed by atoms with Crippen LogP contribution in [0.3, 0.4) is 0 Å². The largest absolute Gasteiger partial charge is 0.481 e. The van der Waals surface area contributed by atoms with Gasteiger partial charge in [0.1, 0.15) is 5.82 Å². The lowest BCUT2D eigenvalue weighted by Gasteiger charge is -2.34. The number of pyridine rings is 1. The highest BCUT2D eigenvalue weighted by atomic mass is 16.4. The molecule has 2 aliphatic rings. The highest BCUT2D eigenvalue weighted by Crippen LogP contribution is 2.49. The lowest BCUT2D eigenvalue weighted by Crippen LogP contribution is -2.39. The van der Waals surface area contributed by atoms with Crippen LogP contribution in [-0.2, 0) is 17.6 Å². The quantitative estimate of drug-likeness (QED) is 0.0618. The second kappa shape index (κ2) is 18.3. The number of aliphatic hydroxyl groups is 4. The third-order valence-electron chi connectivity index (χ3n) is 11.2. The number of nitrogens with two attached hydrogens (primary N) is 1. The van der Waals surface area contributed by atoms with Crippen LogP contribution in [0, 0.1) is 29.6 Å². The van der Waals surface area contributed by atoms with Gasteiger partial charge in [-0.15, -0.1) is 0 Å².